The maximum atomic E-state index is 12.9. The van der Waals surface area contributed by atoms with Crippen LogP contribution in [-0.2, 0) is 0 Å². The first-order valence-electron chi connectivity index (χ1n) is 8.98. The molecule has 1 saturated heterocycles. The molecule has 8 heteroatoms. The smallest absolute Gasteiger partial charge is 0.256 e. The van der Waals surface area contributed by atoms with Crippen molar-refractivity contribution in [3.63, 3.8) is 0 Å². The second-order valence-electron chi connectivity index (χ2n) is 6.43. The quantitative estimate of drug-likeness (QED) is 0.671. The van der Waals surface area contributed by atoms with E-state index in [-0.39, 0.29) is 11.9 Å². The molecule has 0 unspecified atom stereocenters. The molecule has 1 aliphatic rings. The minimum absolute atomic E-state index is 0.109. The summed E-state index contributed by atoms with van der Waals surface area (Å²) in [6.07, 6.45) is 3.17. The van der Waals surface area contributed by atoms with Gasteiger partial charge in [-0.25, -0.2) is 4.98 Å². The molecule has 3 aromatic rings. The molecule has 0 saturated carbocycles. The Morgan fingerprint density at radius 2 is 1.96 bits per heavy atom. The fourth-order valence-corrected chi connectivity index (χ4v) is 3.29. The molecule has 0 N–H and O–H groups in total. The van der Waals surface area contributed by atoms with Crippen molar-refractivity contribution in [2.24, 2.45) is 0 Å². The van der Waals surface area contributed by atoms with Crippen LogP contribution in [0.3, 0.4) is 0 Å². The first kappa shape index (κ1) is 18.0. The van der Waals surface area contributed by atoms with E-state index in [0.717, 1.165) is 24.2 Å². The number of hydrogen-bond donors (Lipinski definition) is 0. The fourth-order valence-electron chi connectivity index (χ4n) is 3.29. The van der Waals surface area contributed by atoms with Crippen molar-refractivity contribution >= 4 is 5.91 Å². The van der Waals surface area contributed by atoms with Crippen LogP contribution in [0.4, 0.5) is 0 Å². The van der Waals surface area contributed by atoms with Gasteiger partial charge in [-0.2, -0.15) is 4.98 Å². The third-order valence-corrected chi connectivity index (χ3v) is 4.78. The van der Waals surface area contributed by atoms with E-state index in [1.165, 1.54) is 13.3 Å². The van der Waals surface area contributed by atoms with Gasteiger partial charge in [0.25, 0.3) is 5.91 Å². The van der Waals surface area contributed by atoms with Crippen molar-refractivity contribution in [1.82, 2.24) is 20.0 Å². The topological polar surface area (TPSA) is 90.6 Å². The van der Waals surface area contributed by atoms with E-state index in [0.29, 0.717) is 29.7 Å². The molecule has 0 spiro atoms. The van der Waals surface area contributed by atoms with E-state index in [1.807, 2.05) is 24.3 Å². The maximum Gasteiger partial charge on any atom is 0.256 e. The number of amides is 1. The summed E-state index contributed by atoms with van der Waals surface area (Å²) in [6.45, 7) is 0.635. The average molecular weight is 380 g/mol. The highest BCUT2D eigenvalue weighted by atomic mass is 16.5. The lowest BCUT2D eigenvalue weighted by Crippen LogP contribution is -2.30. The minimum atomic E-state index is -0.242. The van der Waals surface area contributed by atoms with Crippen molar-refractivity contribution in [1.29, 1.82) is 0 Å². The van der Waals surface area contributed by atoms with Crippen LogP contribution in [0, 0.1) is 0 Å². The molecular formula is C20H20N4O4. The van der Waals surface area contributed by atoms with Gasteiger partial charge in [-0.05, 0) is 43.2 Å². The third kappa shape index (κ3) is 3.40. The summed E-state index contributed by atoms with van der Waals surface area (Å²) in [4.78, 5) is 23.3. The number of benzene rings is 1. The molecule has 0 aliphatic carbocycles. The van der Waals surface area contributed by atoms with Gasteiger partial charge in [0.15, 0.2) is 0 Å². The number of carbonyl (C=O) groups excluding carboxylic acids is 1. The Hall–Kier alpha value is -3.42. The van der Waals surface area contributed by atoms with Crippen LogP contribution in [0.1, 0.15) is 35.1 Å². The second kappa shape index (κ2) is 7.67. The Bertz CT molecular complexity index is 953. The monoisotopic (exact) mass is 380 g/mol. The summed E-state index contributed by atoms with van der Waals surface area (Å²) in [7, 11) is 3.15. The standard InChI is InChI=1S/C20H20N4O4/c1-26-15-8-5-13(6-9-15)18-22-19(28-23-18)16-4-3-11-24(16)20(25)14-7-10-17(27-2)21-12-14/h5-10,12,16H,3-4,11H2,1-2H3/t16-/m0/s1. The molecule has 8 nitrogen and oxygen atoms in total. The highest BCUT2D eigenvalue weighted by molar-refractivity contribution is 5.94. The first-order chi connectivity index (χ1) is 13.7. The Morgan fingerprint density at radius 1 is 1.14 bits per heavy atom. The molecule has 3 heterocycles. The average Bonchev–Trinajstić information content (AvgIpc) is 3.43. The highest BCUT2D eigenvalue weighted by Crippen LogP contribution is 2.33. The highest BCUT2D eigenvalue weighted by Gasteiger charge is 2.34. The summed E-state index contributed by atoms with van der Waals surface area (Å²) in [5.74, 6) is 2.05. The Labute approximate surface area is 162 Å². The van der Waals surface area contributed by atoms with E-state index >= 15 is 0 Å². The number of methoxy groups -OCH3 is 2. The lowest BCUT2D eigenvalue weighted by atomic mass is 10.2. The van der Waals surface area contributed by atoms with Crippen LogP contribution in [-0.4, -0.2) is 46.7 Å². The number of nitrogens with zero attached hydrogens (tertiary/aromatic N) is 4. The fraction of sp³-hybridized carbons (Fsp3) is 0.300. The van der Waals surface area contributed by atoms with Crippen molar-refractivity contribution in [3.8, 4) is 23.0 Å². The third-order valence-electron chi connectivity index (χ3n) is 4.78. The lowest BCUT2D eigenvalue weighted by molar-refractivity contribution is 0.0709. The summed E-state index contributed by atoms with van der Waals surface area (Å²) in [6, 6.07) is 10.6. The number of likely N-dealkylation sites (tertiary alicyclic amines) is 1. The van der Waals surface area contributed by atoms with E-state index in [2.05, 4.69) is 15.1 Å². The van der Waals surface area contributed by atoms with E-state index in [9.17, 15) is 4.79 Å². The largest absolute Gasteiger partial charge is 0.497 e. The second-order valence-corrected chi connectivity index (χ2v) is 6.43. The first-order valence-corrected chi connectivity index (χ1v) is 8.98. The molecule has 0 bridgehead atoms. The van der Waals surface area contributed by atoms with Crippen LogP contribution < -0.4 is 9.47 Å². The minimum Gasteiger partial charge on any atom is -0.497 e. The van der Waals surface area contributed by atoms with Gasteiger partial charge in [0.1, 0.15) is 11.8 Å². The molecule has 0 radical (unpaired) electrons. The van der Waals surface area contributed by atoms with Gasteiger partial charge in [0.2, 0.25) is 17.6 Å². The van der Waals surface area contributed by atoms with Crippen molar-refractivity contribution in [3.05, 3.63) is 54.0 Å². The molecule has 2 aromatic heterocycles. The van der Waals surface area contributed by atoms with Gasteiger partial charge in [0, 0.05) is 24.4 Å². The Morgan fingerprint density at radius 3 is 2.64 bits per heavy atom. The van der Waals surface area contributed by atoms with Crippen molar-refractivity contribution < 1.29 is 18.8 Å². The summed E-state index contributed by atoms with van der Waals surface area (Å²) in [5.41, 5.74) is 1.33. The van der Waals surface area contributed by atoms with Gasteiger partial charge in [-0.1, -0.05) is 5.16 Å². The zero-order valence-corrected chi connectivity index (χ0v) is 15.7. The molecule has 144 valence electrons. The van der Waals surface area contributed by atoms with E-state index < -0.39 is 0 Å². The SMILES string of the molecule is COc1ccc(-c2noc([C@@H]3CCCN3C(=O)c3ccc(OC)nc3)n2)cc1. The summed E-state index contributed by atoms with van der Waals surface area (Å²) < 4.78 is 15.7. The van der Waals surface area contributed by atoms with Crippen molar-refractivity contribution in [2.45, 2.75) is 18.9 Å². The van der Waals surface area contributed by atoms with Crippen LogP contribution >= 0.6 is 0 Å². The number of rotatable bonds is 5. The number of pyridine rings is 1. The van der Waals surface area contributed by atoms with Gasteiger partial charge in [-0.3, -0.25) is 4.79 Å². The van der Waals surface area contributed by atoms with Crippen LogP contribution in [0.2, 0.25) is 0 Å². The molecule has 28 heavy (non-hydrogen) atoms. The normalized spacial score (nSPS) is 16.2. The Balaban J connectivity index is 1.54. The lowest BCUT2D eigenvalue weighted by Gasteiger charge is -2.21. The van der Waals surface area contributed by atoms with E-state index in [1.54, 1.807) is 24.1 Å². The molecule has 4 rings (SSSR count). The van der Waals surface area contributed by atoms with Crippen LogP contribution in [0.25, 0.3) is 11.4 Å². The molecule has 1 aromatic carbocycles. The molecule has 1 fully saturated rings. The number of hydrogen-bond acceptors (Lipinski definition) is 7. The molecular weight excluding hydrogens is 360 g/mol. The van der Waals surface area contributed by atoms with Crippen LogP contribution in [0.15, 0.2) is 47.1 Å². The number of aromatic nitrogens is 3. The van der Waals surface area contributed by atoms with Crippen LogP contribution in [0.5, 0.6) is 11.6 Å². The number of ether oxygens (including phenoxy) is 2. The number of carbonyl (C=O) groups is 1. The molecule has 1 aliphatic heterocycles. The van der Waals surface area contributed by atoms with Gasteiger partial charge >= 0.3 is 0 Å². The zero-order valence-electron chi connectivity index (χ0n) is 15.7. The predicted octanol–water partition coefficient (Wildman–Crippen LogP) is 3.13. The maximum absolute atomic E-state index is 12.9. The van der Waals surface area contributed by atoms with E-state index in [4.69, 9.17) is 14.0 Å². The molecule has 1 amide bonds. The van der Waals surface area contributed by atoms with Gasteiger partial charge in [0.05, 0.1) is 19.8 Å². The predicted molar refractivity (Wildman–Crippen MR) is 100 cm³/mol. The molecule has 1 atom stereocenters. The summed E-state index contributed by atoms with van der Waals surface area (Å²) >= 11 is 0. The summed E-state index contributed by atoms with van der Waals surface area (Å²) in [5, 5.41) is 4.08. The Kier molecular flexibility index (Phi) is 4.92. The van der Waals surface area contributed by atoms with Gasteiger partial charge < -0.3 is 18.9 Å². The van der Waals surface area contributed by atoms with Crippen molar-refractivity contribution in [2.75, 3.05) is 20.8 Å². The zero-order chi connectivity index (χ0) is 19.5. The van der Waals surface area contributed by atoms with Gasteiger partial charge in [-0.15, -0.1) is 0 Å².